The maximum absolute atomic E-state index is 7.55. The van der Waals surface area contributed by atoms with E-state index in [1.54, 1.807) is 7.11 Å². The molecule has 1 aromatic carbocycles. The van der Waals surface area contributed by atoms with Crippen molar-refractivity contribution in [1.82, 2.24) is 4.90 Å². The van der Waals surface area contributed by atoms with Crippen molar-refractivity contribution in [2.24, 2.45) is 11.7 Å². The lowest BCUT2D eigenvalue weighted by Crippen LogP contribution is -2.28. The number of benzene rings is 1. The van der Waals surface area contributed by atoms with Crippen LogP contribution in [-0.2, 0) is 6.54 Å². The van der Waals surface area contributed by atoms with Gasteiger partial charge in [0.25, 0.3) is 0 Å². The lowest BCUT2D eigenvalue weighted by Gasteiger charge is -2.24. The first kappa shape index (κ1) is 16.5. The van der Waals surface area contributed by atoms with Crippen molar-refractivity contribution >= 4 is 5.84 Å². The number of nitrogen functional groups attached to an aromatic ring is 1. The van der Waals surface area contributed by atoms with Gasteiger partial charge in [-0.1, -0.05) is 27.2 Å². The monoisotopic (exact) mass is 277 g/mol. The van der Waals surface area contributed by atoms with Crippen LogP contribution in [0.4, 0.5) is 0 Å². The molecule has 20 heavy (non-hydrogen) atoms. The van der Waals surface area contributed by atoms with Gasteiger partial charge in [0.15, 0.2) is 0 Å². The summed E-state index contributed by atoms with van der Waals surface area (Å²) in [6, 6.07) is 5.68. The molecular weight excluding hydrogens is 250 g/mol. The molecule has 0 amide bonds. The third kappa shape index (κ3) is 4.53. The number of hydrogen-bond donors (Lipinski definition) is 2. The summed E-state index contributed by atoms with van der Waals surface area (Å²) >= 11 is 0. The van der Waals surface area contributed by atoms with Crippen molar-refractivity contribution in [3.05, 3.63) is 29.3 Å². The molecule has 0 spiro atoms. The van der Waals surface area contributed by atoms with E-state index in [0.717, 1.165) is 36.5 Å². The second-order valence-corrected chi connectivity index (χ2v) is 5.28. The minimum absolute atomic E-state index is 0.0962. The van der Waals surface area contributed by atoms with Crippen LogP contribution in [0.5, 0.6) is 5.75 Å². The minimum atomic E-state index is 0.0962. The van der Waals surface area contributed by atoms with E-state index in [1.807, 2.05) is 18.2 Å². The molecule has 0 aliphatic heterocycles. The number of amidine groups is 1. The van der Waals surface area contributed by atoms with Crippen LogP contribution in [0.15, 0.2) is 18.2 Å². The van der Waals surface area contributed by atoms with Crippen LogP contribution in [-0.4, -0.2) is 30.9 Å². The number of rotatable bonds is 8. The van der Waals surface area contributed by atoms with E-state index in [2.05, 4.69) is 25.7 Å². The Kier molecular flexibility index (Phi) is 6.52. The van der Waals surface area contributed by atoms with Crippen LogP contribution >= 0.6 is 0 Å². The highest BCUT2D eigenvalue weighted by Crippen LogP contribution is 2.22. The highest BCUT2D eigenvalue weighted by molar-refractivity contribution is 5.95. The fourth-order valence-corrected chi connectivity index (χ4v) is 2.19. The molecule has 0 aliphatic rings. The van der Waals surface area contributed by atoms with Crippen LogP contribution in [0.25, 0.3) is 0 Å². The average Bonchev–Trinajstić information content (AvgIpc) is 2.45. The molecule has 0 saturated carbocycles. The highest BCUT2D eigenvalue weighted by Gasteiger charge is 2.12. The Morgan fingerprint density at radius 3 is 2.60 bits per heavy atom. The van der Waals surface area contributed by atoms with Crippen molar-refractivity contribution < 1.29 is 4.74 Å². The Labute approximate surface area is 122 Å². The fourth-order valence-electron chi connectivity index (χ4n) is 2.19. The van der Waals surface area contributed by atoms with Crippen molar-refractivity contribution in [2.45, 2.75) is 33.7 Å². The Morgan fingerprint density at radius 1 is 1.40 bits per heavy atom. The first-order chi connectivity index (χ1) is 9.51. The molecule has 0 saturated heterocycles. The largest absolute Gasteiger partial charge is 0.496 e. The zero-order valence-corrected chi connectivity index (χ0v) is 13.1. The molecule has 112 valence electrons. The first-order valence-corrected chi connectivity index (χ1v) is 7.25. The molecule has 0 heterocycles. The van der Waals surface area contributed by atoms with Gasteiger partial charge in [-0.3, -0.25) is 10.3 Å². The molecule has 3 N–H and O–H groups in total. The number of hydrogen-bond acceptors (Lipinski definition) is 3. The highest BCUT2D eigenvalue weighted by atomic mass is 16.5. The molecule has 1 aromatic rings. The van der Waals surface area contributed by atoms with Crippen LogP contribution in [0.3, 0.4) is 0 Å². The van der Waals surface area contributed by atoms with Gasteiger partial charge in [-0.25, -0.2) is 0 Å². The van der Waals surface area contributed by atoms with Crippen molar-refractivity contribution in [2.75, 3.05) is 20.2 Å². The van der Waals surface area contributed by atoms with Crippen LogP contribution in [0.2, 0.25) is 0 Å². The van der Waals surface area contributed by atoms with Crippen LogP contribution < -0.4 is 10.5 Å². The third-order valence-corrected chi connectivity index (χ3v) is 3.70. The minimum Gasteiger partial charge on any atom is -0.496 e. The van der Waals surface area contributed by atoms with E-state index in [0.29, 0.717) is 5.92 Å². The lowest BCUT2D eigenvalue weighted by molar-refractivity contribution is 0.235. The molecule has 0 bridgehead atoms. The Hall–Kier alpha value is -1.55. The van der Waals surface area contributed by atoms with Crippen molar-refractivity contribution in [1.29, 1.82) is 5.41 Å². The van der Waals surface area contributed by atoms with E-state index in [9.17, 15) is 0 Å². The maximum atomic E-state index is 7.55. The molecule has 0 radical (unpaired) electrons. The van der Waals surface area contributed by atoms with Crippen molar-refractivity contribution in [3.8, 4) is 5.75 Å². The quantitative estimate of drug-likeness (QED) is 0.567. The van der Waals surface area contributed by atoms with Gasteiger partial charge in [-0.2, -0.15) is 0 Å². The van der Waals surface area contributed by atoms with E-state index in [4.69, 9.17) is 15.9 Å². The summed E-state index contributed by atoms with van der Waals surface area (Å²) in [4.78, 5) is 2.40. The van der Waals surface area contributed by atoms with Gasteiger partial charge in [0, 0.05) is 24.2 Å². The molecule has 4 heteroatoms. The van der Waals surface area contributed by atoms with Gasteiger partial charge in [0.05, 0.1) is 7.11 Å². The number of nitrogens with two attached hydrogens (primary N) is 1. The summed E-state index contributed by atoms with van der Waals surface area (Å²) in [5.41, 5.74) is 7.41. The van der Waals surface area contributed by atoms with Crippen LogP contribution in [0.1, 0.15) is 38.3 Å². The van der Waals surface area contributed by atoms with E-state index in [-0.39, 0.29) is 5.84 Å². The number of nitrogens with zero attached hydrogens (tertiary/aromatic N) is 1. The third-order valence-electron chi connectivity index (χ3n) is 3.70. The van der Waals surface area contributed by atoms with E-state index >= 15 is 0 Å². The molecular formula is C16H27N3O. The number of ether oxygens (including phenoxy) is 1. The van der Waals surface area contributed by atoms with Gasteiger partial charge in [0.2, 0.25) is 0 Å². The normalized spacial score (nSPS) is 12.4. The summed E-state index contributed by atoms with van der Waals surface area (Å²) in [6.45, 7) is 9.55. The average molecular weight is 277 g/mol. The fraction of sp³-hybridized carbons (Fsp3) is 0.562. The predicted molar refractivity (Wildman–Crippen MR) is 84.4 cm³/mol. The standard InChI is InChI=1S/C16H27N3O/c1-5-12(3)10-19(6-2)11-14-9-13(16(17)18)7-8-15(14)20-4/h7-9,12H,5-6,10-11H2,1-4H3,(H3,17,18). The van der Waals surface area contributed by atoms with Gasteiger partial charge in [0.1, 0.15) is 11.6 Å². The van der Waals surface area contributed by atoms with Crippen molar-refractivity contribution in [3.63, 3.8) is 0 Å². The maximum Gasteiger partial charge on any atom is 0.123 e. The van der Waals surface area contributed by atoms with Gasteiger partial charge < -0.3 is 10.5 Å². The molecule has 1 rings (SSSR count). The Morgan fingerprint density at radius 2 is 2.10 bits per heavy atom. The van der Waals surface area contributed by atoms with Gasteiger partial charge in [-0.05, 0) is 30.7 Å². The summed E-state index contributed by atoms with van der Waals surface area (Å²) in [6.07, 6.45) is 1.18. The zero-order chi connectivity index (χ0) is 15.1. The molecule has 0 aromatic heterocycles. The molecule has 1 atom stereocenters. The molecule has 0 fully saturated rings. The summed E-state index contributed by atoms with van der Waals surface area (Å²) in [5.74, 6) is 1.63. The zero-order valence-electron chi connectivity index (χ0n) is 13.1. The van der Waals surface area contributed by atoms with Crippen LogP contribution in [0, 0.1) is 11.3 Å². The smallest absolute Gasteiger partial charge is 0.123 e. The summed E-state index contributed by atoms with van der Waals surface area (Å²) in [7, 11) is 1.68. The second kappa shape index (κ2) is 7.90. The topological polar surface area (TPSA) is 62.3 Å². The van der Waals surface area contributed by atoms with Gasteiger partial charge in [-0.15, -0.1) is 0 Å². The molecule has 1 unspecified atom stereocenters. The first-order valence-electron chi connectivity index (χ1n) is 7.25. The van der Waals surface area contributed by atoms with E-state index < -0.39 is 0 Å². The number of nitrogens with one attached hydrogen (secondary N) is 1. The summed E-state index contributed by atoms with van der Waals surface area (Å²) < 4.78 is 5.42. The Bertz CT molecular complexity index is 445. The number of methoxy groups -OCH3 is 1. The summed E-state index contributed by atoms with van der Waals surface area (Å²) in [5, 5.41) is 7.55. The SMILES string of the molecule is CCC(C)CN(CC)Cc1cc(C(=N)N)ccc1OC. The molecule has 4 nitrogen and oxygen atoms in total. The lowest BCUT2D eigenvalue weighted by atomic mass is 10.1. The second-order valence-electron chi connectivity index (χ2n) is 5.28. The molecule has 0 aliphatic carbocycles. The van der Waals surface area contributed by atoms with Gasteiger partial charge >= 0.3 is 0 Å². The Balaban J connectivity index is 2.92. The van der Waals surface area contributed by atoms with E-state index in [1.165, 1.54) is 6.42 Å². The predicted octanol–water partition coefficient (Wildman–Crippen LogP) is 2.85.